The van der Waals surface area contributed by atoms with Crippen LogP contribution in [-0.2, 0) is 15.7 Å². The van der Waals surface area contributed by atoms with E-state index in [1.165, 1.54) is 4.68 Å². The summed E-state index contributed by atoms with van der Waals surface area (Å²) in [6.45, 7) is 5.13. The van der Waals surface area contributed by atoms with Gasteiger partial charge in [0.2, 0.25) is 5.90 Å². The number of aliphatic imine (C=N–C) groups is 1. The van der Waals surface area contributed by atoms with Crippen molar-refractivity contribution in [3.05, 3.63) is 45.7 Å². The second-order valence-electron chi connectivity index (χ2n) is 6.20. The number of hydrogen-bond donors (Lipinski definition) is 0. The maximum absolute atomic E-state index is 13.1. The highest BCUT2D eigenvalue weighted by atomic mass is 35.5. The molecule has 5 nitrogen and oxygen atoms in total. The zero-order chi connectivity index (χ0) is 19.2. The summed E-state index contributed by atoms with van der Waals surface area (Å²) in [5, 5.41) is 4.04. The van der Waals surface area contributed by atoms with Gasteiger partial charge in [-0.25, -0.2) is 4.99 Å². The molecule has 3 rings (SSSR count). The lowest BCUT2D eigenvalue weighted by molar-refractivity contribution is -0.141. The number of rotatable bonds is 3. The van der Waals surface area contributed by atoms with Crippen LogP contribution in [0.15, 0.2) is 23.2 Å². The van der Waals surface area contributed by atoms with Crippen LogP contribution in [0, 0.1) is 6.92 Å². The number of carbonyl (C=O) groups is 1. The third kappa shape index (κ3) is 3.21. The van der Waals surface area contributed by atoms with Gasteiger partial charge < -0.3 is 4.74 Å². The van der Waals surface area contributed by atoms with Crippen LogP contribution >= 0.6 is 11.6 Å². The fraction of sp³-hybridized carbons (Fsp3) is 0.353. The molecule has 2 aromatic rings. The first kappa shape index (κ1) is 18.4. The first-order valence-corrected chi connectivity index (χ1v) is 8.17. The smallest absolute Gasteiger partial charge is 0.435 e. The van der Waals surface area contributed by atoms with Crippen molar-refractivity contribution in [1.82, 2.24) is 9.78 Å². The van der Waals surface area contributed by atoms with Crippen molar-refractivity contribution >= 4 is 29.5 Å². The molecule has 0 spiro atoms. The predicted molar refractivity (Wildman–Crippen MR) is 89.9 cm³/mol. The molecule has 1 aliphatic heterocycles. The number of halogens is 4. The van der Waals surface area contributed by atoms with Gasteiger partial charge in [0.1, 0.15) is 5.69 Å². The van der Waals surface area contributed by atoms with E-state index in [0.717, 1.165) is 6.07 Å². The highest BCUT2D eigenvalue weighted by Gasteiger charge is 2.37. The van der Waals surface area contributed by atoms with Crippen molar-refractivity contribution in [2.75, 3.05) is 0 Å². The average Bonchev–Trinajstić information content (AvgIpc) is 3.00. The van der Waals surface area contributed by atoms with Gasteiger partial charge in [-0.3, -0.25) is 9.48 Å². The van der Waals surface area contributed by atoms with Crippen LogP contribution in [0.5, 0.6) is 0 Å². The number of nitrogens with zero attached hydrogens (tertiary/aromatic N) is 3. The van der Waals surface area contributed by atoms with Crippen LogP contribution in [0.4, 0.5) is 18.9 Å². The molecule has 0 fully saturated rings. The normalized spacial score (nSPS) is 16.9. The summed E-state index contributed by atoms with van der Waals surface area (Å²) in [4.78, 5) is 15.8. The number of aldehydes is 1. The standard InChI is InChI=1S/C17H15ClF3N3O2/c1-8(2)24-12(6-14(23-24)17(19,20)21)16-22-15-9(3)4-10(18)5-11(15)13(7-25)26-16/h4-8,13H,1-3H3. The minimum atomic E-state index is -4.60. The van der Waals surface area contributed by atoms with Crippen LogP contribution in [0.25, 0.3) is 0 Å². The molecule has 1 aromatic carbocycles. The number of aromatic nitrogens is 2. The van der Waals surface area contributed by atoms with E-state index < -0.39 is 18.0 Å². The van der Waals surface area contributed by atoms with E-state index in [9.17, 15) is 18.0 Å². The second-order valence-corrected chi connectivity index (χ2v) is 6.64. The Hall–Kier alpha value is -2.35. The van der Waals surface area contributed by atoms with E-state index in [0.29, 0.717) is 28.1 Å². The number of hydrogen-bond acceptors (Lipinski definition) is 4. The molecule has 0 saturated heterocycles. The molecular weight excluding hydrogens is 371 g/mol. The average molecular weight is 386 g/mol. The van der Waals surface area contributed by atoms with Gasteiger partial charge in [-0.2, -0.15) is 18.3 Å². The summed E-state index contributed by atoms with van der Waals surface area (Å²) >= 11 is 6.02. The van der Waals surface area contributed by atoms with Crippen LogP contribution in [0.3, 0.4) is 0 Å². The predicted octanol–water partition coefficient (Wildman–Crippen LogP) is 4.79. The molecule has 9 heteroatoms. The van der Waals surface area contributed by atoms with Crippen molar-refractivity contribution < 1.29 is 22.7 Å². The lowest BCUT2D eigenvalue weighted by Crippen LogP contribution is -2.22. The summed E-state index contributed by atoms with van der Waals surface area (Å²) < 4.78 is 46.0. The Morgan fingerprint density at radius 2 is 2.00 bits per heavy atom. The summed E-state index contributed by atoms with van der Waals surface area (Å²) in [5.74, 6) is -0.0864. The first-order chi connectivity index (χ1) is 12.1. The Morgan fingerprint density at radius 3 is 2.58 bits per heavy atom. The highest BCUT2D eigenvalue weighted by molar-refractivity contribution is 6.30. The van der Waals surface area contributed by atoms with Crippen molar-refractivity contribution in [2.24, 2.45) is 4.99 Å². The van der Waals surface area contributed by atoms with E-state index in [2.05, 4.69) is 10.1 Å². The summed E-state index contributed by atoms with van der Waals surface area (Å²) in [7, 11) is 0. The van der Waals surface area contributed by atoms with Crippen LogP contribution in [0.2, 0.25) is 5.02 Å². The van der Waals surface area contributed by atoms with Crippen molar-refractivity contribution in [1.29, 1.82) is 0 Å². The van der Waals surface area contributed by atoms with Crippen molar-refractivity contribution in [3.63, 3.8) is 0 Å². The van der Waals surface area contributed by atoms with E-state index in [1.807, 2.05) is 0 Å². The summed E-state index contributed by atoms with van der Waals surface area (Å²) in [5.41, 5.74) is 0.623. The fourth-order valence-corrected chi connectivity index (χ4v) is 3.03. The quantitative estimate of drug-likeness (QED) is 0.713. The maximum Gasteiger partial charge on any atom is 0.435 e. The number of alkyl halides is 3. The van der Waals surface area contributed by atoms with Gasteiger partial charge in [-0.05, 0) is 38.5 Å². The summed E-state index contributed by atoms with van der Waals surface area (Å²) in [6.07, 6.45) is -5.06. The molecule has 0 bridgehead atoms. The van der Waals surface area contributed by atoms with Crippen molar-refractivity contribution in [3.8, 4) is 0 Å². The molecular formula is C17H15ClF3N3O2. The molecule has 0 saturated carbocycles. The third-order valence-electron chi connectivity index (χ3n) is 3.91. The first-order valence-electron chi connectivity index (χ1n) is 7.79. The van der Waals surface area contributed by atoms with Crippen molar-refractivity contribution in [2.45, 2.75) is 39.1 Å². The molecule has 138 valence electrons. The van der Waals surface area contributed by atoms with Gasteiger partial charge in [0, 0.05) is 22.7 Å². The molecule has 2 heterocycles. The van der Waals surface area contributed by atoms with Gasteiger partial charge in [0.05, 0.1) is 5.69 Å². The molecule has 0 amide bonds. The largest absolute Gasteiger partial charge is 0.460 e. The Morgan fingerprint density at radius 1 is 1.31 bits per heavy atom. The van der Waals surface area contributed by atoms with Crippen LogP contribution in [0.1, 0.15) is 48.5 Å². The molecule has 0 aliphatic carbocycles. The maximum atomic E-state index is 13.1. The molecule has 1 aliphatic rings. The zero-order valence-corrected chi connectivity index (χ0v) is 14.9. The van der Waals surface area contributed by atoms with Gasteiger partial charge in [0.25, 0.3) is 0 Å². The topological polar surface area (TPSA) is 56.5 Å². The number of carbonyl (C=O) groups excluding carboxylic acids is 1. The van der Waals surface area contributed by atoms with Gasteiger partial charge in [-0.15, -0.1) is 0 Å². The number of aryl methyl sites for hydroxylation is 1. The molecule has 0 N–H and O–H groups in total. The SMILES string of the molecule is Cc1cc(Cl)cc2c1N=C(c1cc(C(F)(F)F)nn1C(C)C)OC2C=O. The lowest BCUT2D eigenvalue weighted by atomic mass is 10.0. The van der Waals surface area contributed by atoms with Gasteiger partial charge in [-0.1, -0.05) is 11.6 Å². The molecule has 1 atom stereocenters. The Balaban J connectivity index is 2.20. The number of ether oxygens (including phenoxy) is 1. The van der Waals surface area contributed by atoms with E-state index in [4.69, 9.17) is 16.3 Å². The Bertz CT molecular complexity index is 903. The monoisotopic (exact) mass is 385 g/mol. The fourth-order valence-electron chi connectivity index (χ4n) is 2.75. The Kier molecular flexibility index (Phi) is 4.56. The highest BCUT2D eigenvalue weighted by Crippen LogP contribution is 2.39. The van der Waals surface area contributed by atoms with E-state index in [1.54, 1.807) is 32.9 Å². The lowest BCUT2D eigenvalue weighted by Gasteiger charge is -2.24. The Labute approximate surface area is 152 Å². The van der Waals surface area contributed by atoms with E-state index in [-0.39, 0.29) is 17.6 Å². The number of benzene rings is 1. The van der Waals surface area contributed by atoms with Crippen LogP contribution < -0.4 is 0 Å². The van der Waals surface area contributed by atoms with Crippen LogP contribution in [-0.4, -0.2) is 22.0 Å². The van der Waals surface area contributed by atoms with Gasteiger partial charge in [0.15, 0.2) is 18.1 Å². The second kappa shape index (κ2) is 6.42. The zero-order valence-electron chi connectivity index (χ0n) is 14.1. The molecule has 1 aromatic heterocycles. The minimum Gasteiger partial charge on any atom is -0.460 e. The number of fused-ring (bicyclic) bond motifs is 1. The molecule has 0 radical (unpaired) electrons. The minimum absolute atomic E-state index is 0.0548. The van der Waals surface area contributed by atoms with Gasteiger partial charge >= 0.3 is 6.18 Å². The summed E-state index contributed by atoms with van der Waals surface area (Å²) in [6, 6.07) is 3.73. The third-order valence-corrected chi connectivity index (χ3v) is 4.13. The molecule has 26 heavy (non-hydrogen) atoms. The van der Waals surface area contributed by atoms with E-state index >= 15 is 0 Å². The molecule has 1 unspecified atom stereocenters.